The monoisotopic (exact) mass is 186 g/mol. The minimum absolute atomic E-state index is 0.156. The van der Waals surface area contributed by atoms with Crippen LogP contribution < -0.4 is 0 Å². The van der Waals surface area contributed by atoms with Gasteiger partial charge in [-0.25, -0.2) is 0 Å². The highest BCUT2D eigenvalue weighted by atomic mass is 16.6. The smallest absolute Gasteiger partial charge is 0.118 e. The van der Waals surface area contributed by atoms with Gasteiger partial charge in [-0.15, -0.1) is 0 Å². The van der Waals surface area contributed by atoms with Crippen molar-refractivity contribution >= 4 is 0 Å². The molecule has 0 aromatic rings. The number of aliphatic hydroxyl groups is 2. The zero-order valence-corrected chi connectivity index (χ0v) is 8.45. The maximum Gasteiger partial charge on any atom is 0.118 e. The fourth-order valence-corrected chi connectivity index (χ4v) is 2.28. The fourth-order valence-electron chi connectivity index (χ4n) is 2.28. The Balaban J connectivity index is 2.06. The van der Waals surface area contributed by atoms with Gasteiger partial charge in [0.1, 0.15) is 5.60 Å². The van der Waals surface area contributed by atoms with Crippen molar-refractivity contribution < 1.29 is 14.9 Å². The van der Waals surface area contributed by atoms with E-state index in [0.717, 1.165) is 6.42 Å². The molecule has 76 valence electrons. The van der Waals surface area contributed by atoms with Crippen molar-refractivity contribution in [1.29, 1.82) is 0 Å². The first kappa shape index (κ1) is 9.44. The lowest BCUT2D eigenvalue weighted by Gasteiger charge is -2.35. The van der Waals surface area contributed by atoms with Gasteiger partial charge in [0, 0.05) is 0 Å². The molecule has 0 amide bonds. The molecule has 0 aromatic carbocycles. The van der Waals surface area contributed by atoms with Crippen LogP contribution in [0.4, 0.5) is 0 Å². The zero-order valence-electron chi connectivity index (χ0n) is 8.45. The molecule has 2 fully saturated rings. The molecule has 1 heterocycles. The Morgan fingerprint density at radius 1 is 1.38 bits per heavy atom. The van der Waals surface area contributed by atoms with Gasteiger partial charge in [-0.3, -0.25) is 0 Å². The van der Waals surface area contributed by atoms with Crippen LogP contribution in [-0.2, 0) is 4.74 Å². The summed E-state index contributed by atoms with van der Waals surface area (Å²) in [4.78, 5) is 0. The van der Waals surface area contributed by atoms with E-state index in [9.17, 15) is 10.2 Å². The van der Waals surface area contributed by atoms with Gasteiger partial charge < -0.3 is 14.9 Å². The van der Waals surface area contributed by atoms with E-state index in [-0.39, 0.29) is 17.6 Å². The van der Waals surface area contributed by atoms with Gasteiger partial charge >= 0.3 is 0 Å². The molecule has 3 nitrogen and oxygen atoms in total. The van der Waals surface area contributed by atoms with Crippen LogP contribution in [0.5, 0.6) is 0 Å². The minimum atomic E-state index is -0.700. The first-order valence-corrected chi connectivity index (χ1v) is 4.92. The Morgan fingerprint density at radius 3 is 2.46 bits per heavy atom. The van der Waals surface area contributed by atoms with Gasteiger partial charge in [-0.2, -0.15) is 0 Å². The van der Waals surface area contributed by atoms with Crippen LogP contribution in [0.15, 0.2) is 0 Å². The maximum absolute atomic E-state index is 9.81. The Kier molecular flexibility index (Phi) is 1.79. The SMILES string of the molecule is CC(C)(O)[C@H]1CC(O)[C@@]2(C)OC2C1. The molecule has 0 spiro atoms. The van der Waals surface area contributed by atoms with Gasteiger partial charge in [0.2, 0.25) is 0 Å². The predicted molar refractivity (Wildman–Crippen MR) is 48.3 cm³/mol. The summed E-state index contributed by atoms with van der Waals surface area (Å²) in [6.07, 6.45) is 1.27. The molecule has 0 radical (unpaired) electrons. The van der Waals surface area contributed by atoms with Crippen molar-refractivity contribution in [3.05, 3.63) is 0 Å². The summed E-state index contributed by atoms with van der Waals surface area (Å²) in [7, 11) is 0. The van der Waals surface area contributed by atoms with Crippen molar-refractivity contribution in [2.45, 2.75) is 57.0 Å². The van der Waals surface area contributed by atoms with Crippen LogP contribution in [0.2, 0.25) is 0 Å². The Hall–Kier alpha value is -0.120. The molecule has 1 aliphatic heterocycles. The van der Waals surface area contributed by atoms with E-state index in [1.165, 1.54) is 0 Å². The average molecular weight is 186 g/mol. The van der Waals surface area contributed by atoms with Crippen LogP contribution in [0.25, 0.3) is 0 Å². The number of epoxide rings is 1. The van der Waals surface area contributed by atoms with Gasteiger partial charge in [0.25, 0.3) is 0 Å². The second kappa shape index (κ2) is 2.47. The van der Waals surface area contributed by atoms with E-state index < -0.39 is 11.7 Å². The van der Waals surface area contributed by atoms with Crippen molar-refractivity contribution in [3.8, 4) is 0 Å². The molecule has 1 saturated carbocycles. The molecule has 13 heavy (non-hydrogen) atoms. The molecule has 0 aromatic heterocycles. The molecule has 4 atom stereocenters. The van der Waals surface area contributed by atoms with Gasteiger partial charge in [-0.1, -0.05) is 0 Å². The number of hydrogen-bond donors (Lipinski definition) is 2. The highest BCUT2D eigenvalue weighted by Gasteiger charge is 2.62. The molecule has 2 aliphatic rings. The summed E-state index contributed by atoms with van der Waals surface area (Å²) in [6.45, 7) is 5.55. The van der Waals surface area contributed by atoms with Gasteiger partial charge in [0.15, 0.2) is 0 Å². The normalized spacial score (nSPS) is 50.1. The third-order valence-corrected chi connectivity index (χ3v) is 3.65. The lowest BCUT2D eigenvalue weighted by atomic mass is 9.74. The second-order valence-electron chi connectivity index (χ2n) is 5.13. The molecule has 0 bridgehead atoms. The topological polar surface area (TPSA) is 53.0 Å². The molecule has 2 rings (SSSR count). The Bertz CT molecular complexity index is 221. The number of ether oxygens (including phenoxy) is 1. The summed E-state index contributed by atoms with van der Waals surface area (Å²) in [6, 6.07) is 0. The van der Waals surface area contributed by atoms with E-state index in [0.29, 0.717) is 6.42 Å². The number of rotatable bonds is 1. The molecular weight excluding hydrogens is 168 g/mol. The van der Waals surface area contributed by atoms with Crippen LogP contribution >= 0.6 is 0 Å². The molecule has 2 N–H and O–H groups in total. The first-order valence-electron chi connectivity index (χ1n) is 4.92. The number of fused-ring (bicyclic) bond motifs is 1. The maximum atomic E-state index is 9.81. The lowest BCUT2D eigenvalue weighted by Crippen LogP contribution is -2.43. The third kappa shape index (κ3) is 1.39. The van der Waals surface area contributed by atoms with E-state index in [1.807, 2.05) is 6.92 Å². The molecular formula is C10H18O3. The van der Waals surface area contributed by atoms with Crippen molar-refractivity contribution in [2.75, 3.05) is 0 Å². The van der Waals surface area contributed by atoms with Gasteiger partial charge in [-0.05, 0) is 39.5 Å². The van der Waals surface area contributed by atoms with Crippen LogP contribution in [0, 0.1) is 5.92 Å². The average Bonchev–Trinajstić information content (AvgIpc) is 2.60. The fraction of sp³-hybridized carbons (Fsp3) is 1.00. The third-order valence-electron chi connectivity index (χ3n) is 3.65. The van der Waals surface area contributed by atoms with Gasteiger partial charge in [0.05, 0.1) is 17.8 Å². The summed E-state index contributed by atoms with van der Waals surface area (Å²) in [5.41, 5.74) is -1.00. The number of hydrogen-bond acceptors (Lipinski definition) is 3. The highest BCUT2D eigenvalue weighted by molar-refractivity contribution is 5.10. The van der Waals surface area contributed by atoms with Crippen LogP contribution in [0.1, 0.15) is 33.6 Å². The first-order chi connectivity index (χ1) is 5.84. The van der Waals surface area contributed by atoms with Crippen LogP contribution in [-0.4, -0.2) is 33.6 Å². The highest BCUT2D eigenvalue weighted by Crippen LogP contribution is 2.51. The number of aliphatic hydroxyl groups excluding tert-OH is 1. The van der Waals surface area contributed by atoms with Crippen LogP contribution in [0.3, 0.4) is 0 Å². The largest absolute Gasteiger partial charge is 0.390 e. The summed E-state index contributed by atoms with van der Waals surface area (Å²) < 4.78 is 5.44. The van der Waals surface area contributed by atoms with Crippen molar-refractivity contribution in [2.24, 2.45) is 5.92 Å². The molecule has 1 saturated heterocycles. The zero-order chi connectivity index (χ0) is 9.85. The summed E-state index contributed by atoms with van der Waals surface area (Å²) in [5, 5.41) is 19.6. The summed E-state index contributed by atoms with van der Waals surface area (Å²) >= 11 is 0. The molecule has 2 unspecified atom stereocenters. The van der Waals surface area contributed by atoms with E-state index in [1.54, 1.807) is 13.8 Å². The quantitative estimate of drug-likeness (QED) is 0.592. The predicted octanol–water partition coefficient (Wildman–Crippen LogP) is 0.686. The standard InChI is InChI=1S/C10H18O3/c1-9(2,12)6-4-7(11)10(3)8(5-6)13-10/h6-8,11-12H,4-5H2,1-3H3/t6-,7?,8?,10+/m0/s1. The van der Waals surface area contributed by atoms with E-state index in [4.69, 9.17) is 4.74 Å². The van der Waals surface area contributed by atoms with E-state index >= 15 is 0 Å². The van der Waals surface area contributed by atoms with Crippen molar-refractivity contribution in [1.82, 2.24) is 0 Å². The minimum Gasteiger partial charge on any atom is -0.390 e. The lowest BCUT2D eigenvalue weighted by molar-refractivity contribution is -0.0311. The molecule has 1 aliphatic carbocycles. The molecule has 3 heteroatoms. The second-order valence-corrected chi connectivity index (χ2v) is 5.13. The Morgan fingerprint density at radius 2 is 2.00 bits per heavy atom. The van der Waals surface area contributed by atoms with Crippen molar-refractivity contribution in [3.63, 3.8) is 0 Å². The Labute approximate surface area is 78.7 Å². The van der Waals surface area contributed by atoms with E-state index in [2.05, 4.69) is 0 Å². The summed E-state index contributed by atoms with van der Waals surface area (Å²) in [5.74, 6) is 0.156.